The second-order valence-corrected chi connectivity index (χ2v) is 4.98. The Morgan fingerprint density at radius 3 is 2.76 bits per heavy atom. The van der Waals surface area contributed by atoms with Crippen molar-refractivity contribution in [1.82, 2.24) is 5.32 Å². The van der Waals surface area contributed by atoms with Crippen LogP contribution in [0, 0.1) is 0 Å². The molecule has 2 heterocycles. The van der Waals surface area contributed by atoms with Crippen molar-refractivity contribution in [3.8, 4) is 0 Å². The van der Waals surface area contributed by atoms with Gasteiger partial charge >= 0.3 is 0 Å². The van der Waals surface area contributed by atoms with Crippen molar-refractivity contribution in [2.45, 2.75) is 18.5 Å². The van der Waals surface area contributed by atoms with Crippen LogP contribution in [0.15, 0.2) is 40.4 Å². The lowest BCUT2D eigenvalue weighted by Crippen LogP contribution is -2.38. The van der Waals surface area contributed by atoms with E-state index in [2.05, 4.69) is 21.7 Å². The van der Waals surface area contributed by atoms with Crippen LogP contribution >= 0.6 is 11.8 Å². The molecular weight excluding hydrogens is 232 g/mol. The molecular formula is C12H14N4S. The van der Waals surface area contributed by atoms with Crippen molar-refractivity contribution >= 4 is 29.0 Å². The van der Waals surface area contributed by atoms with Crippen molar-refractivity contribution in [2.24, 2.45) is 10.1 Å². The van der Waals surface area contributed by atoms with Crippen LogP contribution in [0.25, 0.3) is 0 Å². The van der Waals surface area contributed by atoms with Gasteiger partial charge in [-0.25, -0.2) is 10.0 Å². The fourth-order valence-corrected chi connectivity index (χ4v) is 2.57. The van der Waals surface area contributed by atoms with Crippen LogP contribution in [0.5, 0.6) is 0 Å². The summed E-state index contributed by atoms with van der Waals surface area (Å²) in [6.45, 7) is 2.04. The number of anilines is 1. The first-order valence-corrected chi connectivity index (χ1v) is 6.85. The highest BCUT2D eigenvalue weighted by atomic mass is 32.2. The fourth-order valence-electron chi connectivity index (χ4n) is 2.08. The minimum absolute atomic E-state index is 0.145. The Hall–Kier alpha value is -1.33. The van der Waals surface area contributed by atoms with E-state index in [9.17, 15) is 0 Å². The molecule has 0 radical (unpaired) electrons. The number of nitrogens with zero attached hydrogens (tertiary/aromatic N) is 3. The van der Waals surface area contributed by atoms with Gasteiger partial charge in [0, 0.05) is 0 Å². The van der Waals surface area contributed by atoms with Gasteiger partial charge in [0.2, 0.25) is 0 Å². The van der Waals surface area contributed by atoms with Crippen LogP contribution in [0.2, 0.25) is 0 Å². The molecule has 0 fully saturated rings. The van der Waals surface area contributed by atoms with Gasteiger partial charge in [0.25, 0.3) is 0 Å². The number of para-hydroxylation sites is 1. The normalized spacial score (nSPS) is 26.8. The van der Waals surface area contributed by atoms with Gasteiger partial charge in [-0.1, -0.05) is 18.2 Å². The van der Waals surface area contributed by atoms with Crippen LogP contribution < -0.4 is 10.3 Å². The lowest BCUT2D eigenvalue weighted by Gasteiger charge is -2.14. The zero-order valence-electron chi connectivity index (χ0n) is 9.79. The van der Waals surface area contributed by atoms with Gasteiger partial charge in [-0.15, -0.1) is 11.8 Å². The molecule has 0 bridgehead atoms. The average Bonchev–Trinajstić information content (AvgIpc) is 2.91. The van der Waals surface area contributed by atoms with Gasteiger partial charge in [0.1, 0.15) is 11.5 Å². The molecule has 1 aromatic carbocycles. The van der Waals surface area contributed by atoms with Gasteiger partial charge in [-0.3, -0.25) is 5.32 Å². The molecule has 0 spiro atoms. The molecule has 1 aromatic rings. The number of thioether (sulfide) groups is 1. The lowest BCUT2D eigenvalue weighted by molar-refractivity contribution is 0.749. The van der Waals surface area contributed by atoms with Crippen LogP contribution in [0.4, 0.5) is 5.69 Å². The number of nitrogens with one attached hydrogen (secondary N) is 1. The quantitative estimate of drug-likeness (QED) is 0.866. The van der Waals surface area contributed by atoms with E-state index >= 15 is 0 Å². The van der Waals surface area contributed by atoms with Gasteiger partial charge in [-0.05, 0) is 25.3 Å². The molecule has 3 rings (SSSR count). The zero-order chi connectivity index (χ0) is 11.8. The second-order valence-electron chi connectivity index (χ2n) is 4.06. The summed E-state index contributed by atoms with van der Waals surface area (Å²) in [5, 5.41) is 9.93. The summed E-state index contributed by atoms with van der Waals surface area (Å²) < 4.78 is 0. The number of benzene rings is 1. The summed E-state index contributed by atoms with van der Waals surface area (Å²) in [6.07, 6.45) is 2.06. The Kier molecular flexibility index (Phi) is 2.64. The highest BCUT2D eigenvalue weighted by Crippen LogP contribution is 2.26. The minimum atomic E-state index is 0.145. The van der Waals surface area contributed by atoms with E-state index < -0.39 is 0 Å². The van der Waals surface area contributed by atoms with Crippen molar-refractivity contribution in [3.63, 3.8) is 0 Å². The highest BCUT2D eigenvalue weighted by molar-refractivity contribution is 7.99. The SMILES string of the molecule is CSC1N=C2C(N1)C(C)=NN2c1ccccc1. The van der Waals surface area contributed by atoms with E-state index in [1.807, 2.05) is 42.3 Å². The highest BCUT2D eigenvalue weighted by Gasteiger charge is 2.38. The Morgan fingerprint density at radius 1 is 1.29 bits per heavy atom. The van der Waals surface area contributed by atoms with E-state index in [1.54, 1.807) is 11.8 Å². The molecule has 0 saturated heterocycles. The summed E-state index contributed by atoms with van der Waals surface area (Å²) >= 11 is 1.71. The lowest BCUT2D eigenvalue weighted by atomic mass is 10.2. The van der Waals surface area contributed by atoms with Crippen LogP contribution in [-0.4, -0.2) is 29.3 Å². The average molecular weight is 246 g/mol. The predicted molar refractivity (Wildman–Crippen MR) is 73.7 cm³/mol. The number of hydrazone groups is 1. The Bertz CT molecular complexity index is 483. The zero-order valence-corrected chi connectivity index (χ0v) is 10.6. The summed E-state index contributed by atoms with van der Waals surface area (Å²) in [5.74, 6) is 1.01. The monoisotopic (exact) mass is 246 g/mol. The van der Waals surface area contributed by atoms with Gasteiger partial charge in [-0.2, -0.15) is 5.10 Å². The second kappa shape index (κ2) is 4.16. The summed E-state index contributed by atoms with van der Waals surface area (Å²) in [5.41, 5.74) is 2.28. The van der Waals surface area contributed by atoms with Crippen molar-refractivity contribution in [3.05, 3.63) is 30.3 Å². The summed E-state index contributed by atoms with van der Waals surface area (Å²) in [6, 6.07) is 10.3. The molecule has 2 aliphatic rings. The van der Waals surface area contributed by atoms with E-state index in [-0.39, 0.29) is 11.5 Å². The standard InChI is InChI=1S/C12H14N4S/c1-8-10-11(14-12(13-10)17-2)16(15-8)9-6-4-3-5-7-9/h3-7,10,12-13H,1-2H3. The van der Waals surface area contributed by atoms with Crippen LogP contribution in [0.3, 0.4) is 0 Å². The molecule has 4 nitrogen and oxygen atoms in total. The summed E-state index contributed by atoms with van der Waals surface area (Å²) in [7, 11) is 0. The minimum Gasteiger partial charge on any atom is -0.272 e. The molecule has 2 aliphatic heterocycles. The third kappa shape index (κ3) is 1.75. The molecule has 0 saturated carbocycles. The number of amidine groups is 1. The van der Waals surface area contributed by atoms with E-state index in [0.717, 1.165) is 17.2 Å². The maximum absolute atomic E-state index is 4.66. The first-order chi connectivity index (χ1) is 8.29. The van der Waals surface area contributed by atoms with Crippen LogP contribution in [-0.2, 0) is 0 Å². The summed E-state index contributed by atoms with van der Waals surface area (Å²) in [4.78, 5) is 4.66. The topological polar surface area (TPSA) is 40.0 Å². The van der Waals surface area contributed by atoms with E-state index in [0.29, 0.717) is 0 Å². The van der Waals surface area contributed by atoms with E-state index in [4.69, 9.17) is 0 Å². The predicted octanol–water partition coefficient (Wildman–Crippen LogP) is 1.90. The number of hydrogen-bond acceptors (Lipinski definition) is 5. The Labute approximate surface area is 105 Å². The Balaban J connectivity index is 1.96. The number of aliphatic imine (C=N–C) groups is 1. The van der Waals surface area contributed by atoms with Gasteiger partial charge in [0.05, 0.1) is 11.4 Å². The Morgan fingerprint density at radius 2 is 2.06 bits per heavy atom. The van der Waals surface area contributed by atoms with Crippen molar-refractivity contribution < 1.29 is 0 Å². The molecule has 2 atom stereocenters. The van der Waals surface area contributed by atoms with Gasteiger partial charge in [0.15, 0.2) is 5.84 Å². The molecule has 2 unspecified atom stereocenters. The molecule has 0 aliphatic carbocycles. The molecule has 0 aromatic heterocycles. The largest absolute Gasteiger partial charge is 0.272 e. The molecule has 1 N–H and O–H groups in total. The molecule has 0 amide bonds. The maximum Gasteiger partial charge on any atom is 0.151 e. The van der Waals surface area contributed by atoms with E-state index in [1.165, 1.54) is 0 Å². The number of rotatable bonds is 2. The smallest absolute Gasteiger partial charge is 0.151 e. The fraction of sp³-hybridized carbons (Fsp3) is 0.333. The molecule has 5 heteroatoms. The van der Waals surface area contributed by atoms with Crippen molar-refractivity contribution in [1.29, 1.82) is 0 Å². The third-order valence-corrected chi connectivity index (χ3v) is 3.62. The molecule has 88 valence electrons. The first kappa shape index (κ1) is 10.8. The third-order valence-electron chi connectivity index (χ3n) is 2.93. The van der Waals surface area contributed by atoms with Crippen LogP contribution in [0.1, 0.15) is 6.92 Å². The first-order valence-electron chi connectivity index (χ1n) is 5.56. The van der Waals surface area contributed by atoms with Crippen molar-refractivity contribution in [2.75, 3.05) is 11.3 Å². The number of hydrogen-bond donors (Lipinski definition) is 1. The maximum atomic E-state index is 4.66. The number of fused-ring (bicyclic) bond motifs is 1. The molecule has 17 heavy (non-hydrogen) atoms. The van der Waals surface area contributed by atoms with Gasteiger partial charge < -0.3 is 0 Å².